The van der Waals surface area contributed by atoms with E-state index in [4.69, 9.17) is 16.3 Å². The summed E-state index contributed by atoms with van der Waals surface area (Å²) in [6, 6.07) is 5.99. The second-order valence-electron chi connectivity index (χ2n) is 6.45. The fourth-order valence-corrected chi connectivity index (χ4v) is 4.43. The molecule has 1 atom stereocenters. The number of ether oxygens (including phenoxy) is 1. The molecule has 3 rings (SSSR count). The Morgan fingerprint density at radius 2 is 2.04 bits per heavy atom. The van der Waals surface area contributed by atoms with E-state index in [1.54, 1.807) is 0 Å². The molecule has 8 heteroatoms. The van der Waals surface area contributed by atoms with Crippen molar-refractivity contribution in [3.8, 4) is 0 Å². The number of sulfonamides is 1. The van der Waals surface area contributed by atoms with Gasteiger partial charge in [0.25, 0.3) is 0 Å². The number of halogens is 1. The molecular formula is C16H24ClN3O3S. The molecule has 1 aromatic rings. The summed E-state index contributed by atoms with van der Waals surface area (Å²) in [5.41, 5.74) is 2.27. The summed E-state index contributed by atoms with van der Waals surface area (Å²) in [5, 5.41) is 0.763. The summed E-state index contributed by atoms with van der Waals surface area (Å²) < 4.78 is 30.9. The molecule has 0 amide bonds. The number of likely N-dealkylation sites (tertiary alicyclic amines) is 1. The molecule has 2 saturated heterocycles. The number of benzene rings is 1. The lowest BCUT2D eigenvalue weighted by atomic mass is 10.1. The van der Waals surface area contributed by atoms with Crippen molar-refractivity contribution in [1.29, 1.82) is 0 Å². The van der Waals surface area contributed by atoms with E-state index in [2.05, 4.69) is 20.6 Å². The molecule has 0 radical (unpaired) electrons. The third kappa shape index (κ3) is 4.61. The molecule has 0 aromatic heterocycles. The first-order valence-corrected chi connectivity index (χ1v) is 10.5. The van der Waals surface area contributed by atoms with E-state index in [-0.39, 0.29) is 6.04 Å². The number of anilines is 1. The van der Waals surface area contributed by atoms with Crippen LogP contribution in [0.2, 0.25) is 5.02 Å². The van der Waals surface area contributed by atoms with Crippen LogP contribution in [-0.2, 0) is 21.3 Å². The number of hydrogen-bond donors (Lipinski definition) is 1. The molecule has 0 bridgehead atoms. The van der Waals surface area contributed by atoms with Crippen LogP contribution in [0.4, 0.5) is 5.69 Å². The molecule has 2 aliphatic heterocycles. The van der Waals surface area contributed by atoms with Gasteiger partial charge in [-0.3, -0.25) is 4.90 Å². The van der Waals surface area contributed by atoms with Gasteiger partial charge in [0, 0.05) is 55.0 Å². The Kier molecular flexibility index (Phi) is 5.66. The van der Waals surface area contributed by atoms with Crippen LogP contribution < -0.4 is 9.62 Å². The molecule has 24 heavy (non-hydrogen) atoms. The highest BCUT2D eigenvalue weighted by Gasteiger charge is 2.26. The Hall–Kier alpha value is -0.860. The molecule has 1 unspecified atom stereocenters. The van der Waals surface area contributed by atoms with Gasteiger partial charge in [-0.15, -0.1) is 0 Å². The van der Waals surface area contributed by atoms with Crippen LogP contribution in [0.1, 0.15) is 12.0 Å². The average Bonchev–Trinajstić information content (AvgIpc) is 2.95. The highest BCUT2D eigenvalue weighted by Crippen LogP contribution is 2.30. The van der Waals surface area contributed by atoms with Gasteiger partial charge < -0.3 is 9.64 Å². The normalized spacial score (nSPS) is 22.9. The minimum absolute atomic E-state index is 0.0191. The second kappa shape index (κ2) is 7.58. The predicted octanol–water partition coefficient (Wildman–Crippen LogP) is 1.30. The maximum Gasteiger partial charge on any atom is 0.208 e. The largest absolute Gasteiger partial charge is 0.378 e. The fourth-order valence-electron chi connectivity index (χ4n) is 3.40. The molecule has 0 spiro atoms. The van der Waals surface area contributed by atoms with E-state index in [0.717, 1.165) is 62.1 Å². The summed E-state index contributed by atoms with van der Waals surface area (Å²) in [5.74, 6) is 0. The summed E-state index contributed by atoms with van der Waals surface area (Å²) in [6.07, 6.45) is 2.03. The second-order valence-corrected chi connectivity index (χ2v) is 8.63. The van der Waals surface area contributed by atoms with E-state index in [0.29, 0.717) is 6.54 Å². The van der Waals surface area contributed by atoms with Crippen molar-refractivity contribution in [2.45, 2.75) is 19.0 Å². The number of nitrogens with one attached hydrogen (secondary N) is 1. The van der Waals surface area contributed by atoms with Gasteiger partial charge >= 0.3 is 0 Å². The van der Waals surface area contributed by atoms with E-state index in [1.165, 1.54) is 6.26 Å². The quantitative estimate of drug-likeness (QED) is 0.843. The molecule has 2 heterocycles. The molecule has 1 N–H and O–H groups in total. The Balaban J connectivity index is 1.71. The highest BCUT2D eigenvalue weighted by molar-refractivity contribution is 7.88. The third-order valence-corrected chi connectivity index (χ3v) is 5.60. The topological polar surface area (TPSA) is 61.9 Å². The van der Waals surface area contributed by atoms with Gasteiger partial charge in [-0.05, 0) is 18.6 Å². The number of nitrogens with zero attached hydrogens (tertiary/aromatic N) is 2. The van der Waals surface area contributed by atoms with Crippen LogP contribution in [0.25, 0.3) is 0 Å². The van der Waals surface area contributed by atoms with Gasteiger partial charge in [0.05, 0.1) is 19.5 Å². The molecule has 0 aliphatic carbocycles. The van der Waals surface area contributed by atoms with Crippen molar-refractivity contribution in [3.05, 3.63) is 28.8 Å². The van der Waals surface area contributed by atoms with Gasteiger partial charge in [0.1, 0.15) is 0 Å². The molecule has 6 nitrogen and oxygen atoms in total. The molecule has 0 saturated carbocycles. The van der Waals surface area contributed by atoms with Crippen LogP contribution in [0.15, 0.2) is 18.2 Å². The minimum atomic E-state index is -3.16. The molecule has 134 valence electrons. The van der Waals surface area contributed by atoms with Gasteiger partial charge in [-0.25, -0.2) is 13.1 Å². The lowest BCUT2D eigenvalue weighted by Gasteiger charge is -2.32. The lowest BCUT2D eigenvalue weighted by molar-refractivity contribution is 0.122. The van der Waals surface area contributed by atoms with E-state index < -0.39 is 10.0 Å². The Labute approximate surface area is 148 Å². The van der Waals surface area contributed by atoms with Gasteiger partial charge in [-0.2, -0.15) is 0 Å². The van der Waals surface area contributed by atoms with Crippen molar-refractivity contribution in [3.63, 3.8) is 0 Å². The van der Waals surface area contributed by atoms with Gasteiger partial charge in [0.2, 0.25) is 10.0 Å². The number of rotatable bonds is 5. The maximum absolute atomic E-state index is 11.4. The van der Waals surface area contributed by atoms with Crippen LogP contribution in [0.3, 0.4) is 0 Å². The van der Waals surface area contributed by atoms with Gasteiger partial charge in [0.15, 0.2) is 0 Å². The summed E-state index contributed by atoms with van der Waals surface area (Å²) in [6.45, 7) is 5.50. The first-order valence-electron chi connectivity index (χ1n) is 8.22. The monoisotopic (exact) mass is 373 g/mol. The Morgan fingerprint density at radius 1 is 1.29 bits per heavy atom. The van der Waals surface area contributed by atoms with Crippen LogP contribution in [0, 0.1) is 0 Å². The maximum atomic E-state index is 11.4. The zero-order valence-electron chi connectivity index (χ0n) is 13.9. The van der Waals surface area contributed by atoms with E-state index >= 15 is 0 Å². The molecule has 2 aliphatic rings. The minimum Gasteiger partial charge on any atom is -0.378 e. The Morgan fingerprint density at radius 3 is 2.75 bits per heavy atom. The summed E-state index contributed by atoms with van der Waals surface area (Å²) >= 11 is 6.47. The standard InChI is InChI=1S/C16H24ClN3O3S/c1-24(21,22)18-13-5-6-19(11-13)12-14-15(17)3-2-4-16(14)20-7-9-23-10-8-20/h2-4,13,18H,5-12H2,1H3. The zero-order chi connectivity index (χ0) is 17.2. The first kappa shape index (κ1) is 17.9. The smallest absolute Gasteiger partial charge is 0.208 e. The molecule has 2 fully saturated rings. The Bertz CT molecular complexity index is 677. The van der Waals surface area contributed by atoms with E-state index in [9.17, 15) is 8.42 Å². The first-order chi connectivity index (χ1) is 11.4. The zero-order valence-corrected chi connectivity index (χ0v) is 15.4. The van der Waals surface area contributed by atoms with Crippen molar-refractivity contribution < 1.29 is 13.2 Å². The van der Waals surface area contributed by atoms with Crippen molar-refractivity contribution in [2.75, 3.05) is 50.5 Å². The fraction of sp³-hybridized carbons (Fsp3) is 0.625. The highest BCUT2D eigenvalue weighted by atomic mass is 35.5. The molecular weight excluding hydrogens is 350 g/mol. The summed E-state index contributed by atoms with van der Waals surface area (Å²) in [7, 11) is -3.16. The average molecular weight is 374 g/mol. The lowest BCUT2D eigenvalue weighted by Crippen LogP contribution is -2.38. The van der Waals surface area contributed by atoms with Crippen molar-refractivity contribution >= 4 is 27.3 Å². The number of hydrogen-bond acceptors (Lipinski definition) is 5. The van der Waals surface area contributed by atoms with Crippen molar-refractivity contribution in [1.82, 2.24) is 9.62 Å². The summed E-state index contributed by atoms with van der Waals surface area (Å²) in [4.78, 5) is 4.57. The van der Waals surface area contributed by atoms with Crippen LogP contribution in [-0.4, -0.2) is 65.0 Å². The number of morpholine rings is 1. The molecule has 1 aromatic carbocycles. The SMILES string of the molecule is CS(=O)(=O)NC1CCN(Cc2c(Cl)cccc2N2CCOCC2)C1. The van der Waals surface area contributed by atoms with E-state index in [1.807, 2.05) is 12.1 Å². The van der Waals surface area contributed by atoms with Gasteiger partial charge in [-0.1, -0.05) is 17.7 Å². The predicted molar refractivity (Wildman–Crippen MR) is 96.1 cm³/mol. The van der Waals surface area contributed by atoms with Crippen molar-refractivity contribution in [2.24, 2.45) is 0 Å². The van der Waals surface area contributed by atoms with Crippen LogP contribution >= 0.6 is 11.6 Å². The third-order valence-electron chi connectivity index (χ3n) is 4.48. The van der Waals surface area contributed by atoms with Crippen LogP contribution in [0.5, 0.6) is 0 Å².